The molecule has 0 spiro atoms. The van der Waals surface area contributed by atoms with Crippen LogP contribution in [0.1, 0.15) is 0 Å². The first kappa shape index (κ1) is 13.2. The van der Waals surface area contributed by atoms with Crippen LogP contribution in [0.3, 0.4) is 0 Å². The minimum Gasteiger partial charge on any atom is -0.329 e. The van der Waals surface area contributed by atoms with E-state index in [4.69, 9.17) is 4.52 Å². The number of amides is 1. The molecule has 0 bridgehead atoms. The van der Waals surface area contributed by atoms with Crippen molar-refractivity contribution < 1.29 is 18.4 Å². The van der Waals surface area contributed by atoms with Gasteiger partial charge in [0.1, 0.15) is 6.54 Å². The lowest BCUT2D eigenvalue weighted by Gasteiger charge is -2.21. The van der Waals surface area contributed by atoms with Crippen LogP contribution in [0.15, 0.2) is 12.7 Å². The van der Waals surface area contributed by atoms with Crippen LogP contribution < -0.4 is 5.09 Å². The second kappa shape index (κ2) is 5.86. The molecule has 0 aliphatic carbocycles. The van der Waals surface area contributed by atoms with Gasteiger partial charge in [0.05, 0.1) is 21.1 Å². The summed E-state index contributed by atoms with van der Waals surface area (Å²) < 4.78 is 16.7. The molecule has 0 rings (SSSR count). The molecule has 0 aromatic carbocycles. The molecule has 0 aliphatic heterocycles. The Labute approximate surface area is 85.2 Å². The third-order valence-corrected chi connectivity index (χ3v) is 2.18. The number of hydrogen-bond acceptors (Lipinski definition) is 3. The molecule has 80 valence electrons. The predicted octanol–water partition coefficient (Wildman–Crippen LogP) is 0.669. The van der Waals surface area contributed by atoms with Crippen LogP contribution in [0.25, 0.3) is 0 Å². The van der Waals surface area contributed by atoms with E-state index in [1.54, 1.807) is 0 Å². The summed E-state index contributed by atoms with van der Waals surface area (Å²) >= 11 is 0. The Balaban J connectivity index is 3.65. The maximum absolute atomic E-state index is 11.0. The molecule has 1 atom stereocenters. The second-order valence-corrected chi connectivity index (χ2v) is 4.78. The molecule has 0 heterocycles. The number of carbonyl (C=O) groups excluding carboxylic acids is 1. The fraction of sp³-hybridized carbons (Fsp3) is 0.625. The second-order valence-electron chi connectivity index (χ2n) is 3.78. The van der Waals surface area contributed by atoms with E-state index in [0.29, 0.717) is 6.61 Å². The highest BCUT2D eigenvalue weighted by atomic mass is 31.1. The fourth-order valence-electron chi connectivity index (χ4n) is 0.565. The van der Waals surface area contributed by atoms with Gasteiger partial charge in [-0.05, 0) is 10.6 Å². The van der Waals surface area contributed by atoms with Crippen LogP contribution in [0.4, 0.5) is 0 Å². The van der Waals surface area contributed by atoms with Crippen molar-refractivity contribution >= 4 is 14.1 Å². The van der Waals surface area contributed by atoms with Gasteiger partial charge in [0, 0.05) is 0 Å². The van der Waals surface area contributed by atoms with Crippen LogP contribution in [-0.4, -0.2) is 44.7 Å². The molecule has 6 heteroatoms. The van der Waals surface area contributed by atoms with Crippen LogP contribution in [0, 0.1) is 0 Å². The van der Waals surface area contributed by atoms with E-state index in [2.05, 4.69) is 11.7 Å². The summed E-state index contributed by atoms with van der Waals surface area (Å²) in [5.41, 5.74) is 0. The molecule has 0 radical (unpaired) electrons. The monoisotopic (exact) mass is 220 g/mol. The van der Waals surface area contributed by atoms with Crippen molar-refractivity contribution in [2.75, 3.05) is 34.3 Å². The summed E-state index contributed by atoms with van der Waals surface area (Å²) in [4.78, 5) is 10.7. The van der Waals surface area contributed by atoms with Crippen LogP contribution in [-0.2, 0) is 13.9 Å². The molecule has 0 aromatic rings. The van der Waals surface area contributed by atoms with Gasteiger partial charge in [-0.1, -0.05) is 6.58 Å². The molecule has 14 heavy (non-hydrogen) atoms. The molecule has 0 aromatic heterocycles. The largest absolute Gasteiger partial charge is 0.646 e. The van der Waals surface area contributed by atoms with Gasteiger partial charge < -0.3 is 4.48 Å². The Hall–Kier alpha value is -0.770. The van der Waals surface area contributed by atoms with E-state index in [9.17, 15) is 9.36 Å². The Kier molecular flexibility index (Phi) is 5.53. The molecular formula is C8H17N2O3P+2. The number of rotatable bonds is 6. The zero-order chi connectivity index (χ0) is 11.2. The van der Waals surface area contributed by atoms with Crippen molar-refractivity contribution in [1.82, 2.24) is 5.09 Å². The third-order valence-electron chi connectivity index (χ3n) is 1.36. The maximum Gasteiger partial charge on any atom is 0.646 e. The number of carbonyl (C=O) groups is 1. The molecule has 1 amide bonds. The predicted molar refractivity (Wildman–Crippen MR) is 54.8 cm³/mol. The normalized spacial score (nSPS) is 12.1. The summed E-state index contributed by atoms with van der Waals surface area (Å²) in [5, 5.41) is 2.14. The molecule has 1 N–H and O–H groups in total. The van der Waals surface area contributed by atoms with Gasteiger partial charge in [-0.3, -0.25) is 4.79 Å². The van der Waals surface area contributed by atoms with Crippen molar-refractivity contribution in [2.24, 2.45) is 0 Å². The lowest BCUT2D eigenvalue weighted by atomic mass is 10.5. The number of likely N-dealkylation sites (N-methyl/N-ethyl adjacent to an activating group) is 1. The van der Waals surface area contributed by atoms with Crippen molar-refractivity contribution in [2.45, 2.75) is 0 Å². The average molecular weight is 220 g/mol. The number of nitrogens with one attached hydrogen (secondary N) is 1. The van der Waals surface area contributed by atoms with E-state index in [0.717, 1.165) is 17.1 Å². The minimum atomic E-state index is -2.11. The Bertz CT molecular complexity index is 235. The summed E-state index contributed by atoms with van der Waals surface area (Å²) in [6.07, 6.45) is 1.05. The van der Waals surface area contributed by atoms with Gasteiger partial charge in [-0.15, -0.1) is 9.61 Å². The smallest absolute Gasteiger partial charge is 0.329 e. The molecule has 0 aliphatic rings. The topological polar surface area (TPSA) is 55.4 Å². The third kappa shape index (κ3) is 7.86. The van der Waals surface area contributed by atoms with Crippen molar-refractivity contribution in [3.8, 4) is 0 Å². The maximum atomic E-state index is 11.0. The lowest BCUT2D eigenvalue weighted by molar-refractivity contribution is -0.870. The van der Waals surface area contributed by atoms with Crippen molar-refractivity contribution in [3.63, 3.8) is 0 Å². The van der Waals surface area contributed by atoms with Crippen molar-refractivity contribution in [1.29, 1.82) is 0 Å². The summed E-state index contributed by atoms with van der Waals surface area (Å²) in [7, 11) is 3.89. The first-order chi connectivity index (χ1) is 6.35. The molecule has 5 nitrogen and oxygen atoms in total. The van der Waals surface area contributed by atoms with Gasteiger partial charge in [0.2, 0.25) is 0 Å². The molecule has 0 saturated carbocycles. The van der Waals surface area contributed by atoms with Crippen LogP contribution >= 0.6 is 8.18 Å². The first-order valence-electron chi connectivity index (χ1n) is 4.19. The van der Waals surface area contributed by atoms with E-state index in [1.807, 2.05) is 21.1 Å². The Morgan fingerprint density at radius 3 is 2.57 bits per heavy atom. The zero-order valence-electron chi connectivity index (χ0n) is 8.82. The number of hydrogen-bond donors (Lipinski definition) is 1. The first-order valence-corrected chi connectivity index (χ1v) is 5.36. The van der Waals surface area contributed by atoms with E-state index >= 15 is 0 Å². The van der Waals surface area contributed by atoms with Crippen molar-refractivity contribution in [3.05, 3.63) is 12.7 Å². The highest BCUT2D eigenvalue weighted by Crippen LogP contribution is 2.15. The van der Waals surface area contributed by atoms with E-state index in [-0.39, 0.29) is 0 Å². The average Bonchev–Trinajstić information content (AvgIpc) is 2.01. The highest BCUT2D eigenvalue weighted by Gasteiger charge is 2.21. The Morgan fingerprint density at radius 2 is 2.14 bits per heavy atom. The van der Waals surface area contributed by atoms with Gasteiger partial charge in [0.15, 0.2) is 6.61 Å². The zero-order valence-corrected chi connectivity index (χ0v) is 9.71. The SMILES string of the molecule is C=CC(=O)N[P+](=O)OCC[N+](C)(C)C. The molecule has 0 fully saturated rings. The quantitative estimate of drug-likeness (QED) is 0.406. The van der Waals surface area contributed by atoms with Gasteiger partial charge in [-0.25, -0.2) is 0 Å². The summed E-state index contributed by atoms with van der Waals surface area (Å²) in [6, 6.07) is 0. The standard InChI is InChI=1S/C8H16N2O3P/c1-5-8(11)9-14(12)13-7-6-10(2,3)4/h5H,1,6-7H2,2-4H3/q+1/p+1. The van der Waals surface area contributed by atoms with Gasteiger partial charge in [0.25, 0.3) is 5.91 Å². The molecule has 0 saturated heterocycles. The lowest BCUT2D eigenvalue weighted by Crippen LogP contribution is -2.37. The summed E-state index contributed by atoms with van der Waals surface area (Å²) in [5.74, 6) is -0.489. The summed E-state index contributed by atoms with van der Waals surface area (Å²) in [6.45, 7) is 4.30. The molecular weight excluding hydrogens is 203 g/mol. The van der Waals surface area contributed by atoms with E-state index in [1.165, 1.54) is 0 Å². The van der Waals surface area contributed by atoms with Crippen LogP contribution in [0.5, 0.6) is 0 Å². The minimum absolute atomic E-state index is 0.343. The fourth-order valence-corrected chi connectivity index (χ4v) is 1.15. The highest BCUT2D eigenvalue weighted by molar-refractivity contribution is 7.37. The van der Waals surface area contributed by atoms with Gasteiger partial charge >= 0.3 is 8.18 Å². The Morgan fingerprint density at radius 1 is 1.57 bits per heavy atom. The van der Waals surface area contributed by atoms with Crippen LogP contribution in [0.2, 0.25) is 0 Å². The number of quaternary nitrogens is 1. The number of nitrogens with zero attached hydrogens (tertiary/aromatic N) is 1. The molecule has 1 unspecified atom stereocenters. The van der Waals surface area contributed by atoms with Gasteiger partial charge in [-0.2, -0.15) is 0 Å². The van der Waals surface area contributed by atoms with E-state index < -0.39 is 14.1 Å².